The van der Waals surface area contributed by atoms with Gasteiger partial charge in [-0.3, -0.25) is 4.79 Å². The van der Waals surface area contributed by atoms with Crippen molar-refractivity contribution in [2.75, 3.05) is 6.61 Å². The smallest absolute Gasteiger partial charge is 0.249 e. The monoisotopic (exact) mass is 163 g/mol. The van der Waals surface area contributed by atoms with E-state index >= 15 is 0 Å². The number of pyridine rings is 1. The number of aliphatic hydroxyl groups is 1. The van der Waals surface area contributed by atoms with E-state index in [1.165, 1.54) is 6.07 Å². The minimum atomic E-state index is -0.161. The van der Waals surface area contributed by atoms with Gasteiger partial charge in [0.25, 0.3) is 0 Å². The second kappa shape index (κ2) is 4.37. The number of hydrogen-bond donors (Lipinski definition) is 2. The standard InChI is InChI=1S/C9H9NO2/c11-6-2-1-3-8-4-5-10-9(12)7-8/h4-5,7,11H,2,6H2,(H,10,12). The number of rotatable bonds is 1. The third-order valence-corrected chi connectivity index (χ3v) is 1.24. The maximum atomic E-state index is 10.8. The third-order valence-electron chi connectivity index (χ3n) is 1.24. The molecule has 1 rings (SSSR count). The van der Waals surface area contributed by atoms with Crippen LogP contribution in [-0.4, -0.2) is 16.7 Å². The van der Waals surface area contributed by atoms with Crippen molar-refractivity contribution < 1.29 is 5.11 Å². The quantitative estimate of drug-likeness (QED) is 0.577. The van der Waals surface area contributed by atoms with Crippen LogP contribution in [0.2, 0.25) is 0 Å². The molecule has 3 heteroatoms. The number of aromatic nitrogens is 1. The lowest BCUT2D eigenvalue weighted by Gasteiger charge is -1.85. The third kappa shape index (κ3) is 2.60. The van der Waals surface area contributed by atoms with Gasteiger partial charge < -0.3 is 10.1 Å². The molecule has 0 bridgehead atoms. The number of aromatic amines is 1. The first-order chi connectivity index (χ1) is 5.83. The van der Waals surface area contributed by atoms with Gasteiger partial charge in [-0.15, -0.1) is 0 Å². The molecule has 0 saturated heterocycles. The van der Waals surface area contributed by atoms with Gasteiger partial charge in [-0.25, -0.2) is 0 Å². The molecule has 0 atom stereocenters. The van der Waals surface area contributed by atoms with Gasteiger partial charge in [0, 0.05) is 24.2 Å². The van der Waals surface area contributed by atoms with E-state index in [4.69, 9.17) is 5.11 Å². The fourth-order valence-corrected chi connectivity index (χ4v) is 0.743. The van der Waals surface area contributed by atoms with E-state index in [0.717, 1.165) is 0 Å². The molecule has 0 aliphatic rings. The molecule has 3 nitrogen and oxygen atoms in total. The minimum Gasteiger partial charge on any atom is -0.395 e. The molecule has 0 aromatic carbocycles. The number of nitrogens with one attached hydrogen (secondary N) is 1. The predicted molar refractivity (Wildman–Crippen MR) is 45.6 cm³/mol. The molecule has 0 fully saturated rings. The van der Waals surface area contributed by atoms with E-state index in [2.05, 4.69) is 16.8 Å². The maximum absolute atomic E-state index is 10.8. The summed E-state index contributed by atoms with van der Waals surface area (Å²) in [5, 5.41) is 8.43. The molecule has 62 valence electrons. The van der Waals surface area contributed by atoms with E-state index in [1.54, 1.807) is 12.3 Å². The van der Waals surface area contributed by atoms with Crippen LogP contribution in [0.3, 0.4) is 0 Å². The van der Waals surface area contributed by atoms with Crippen molar-refractivity contribution in [3.05, 3.63) is 34.2 Å². The summed E-state index contributed by atoms with van der Waals surface area (Å²) in [5.74, 6) is 5.48. The van der Waals surface area contributed by atoms with Gasteiger partial charge in [-0.2, -0.15) is 0 Å². The van der Waals surface area contributed by atoms with E-state index in [-0.39, 0.29) is 12.2 Å². The first kappa shape index (κ1) is 8.57. The molecule has 0 aliphatic heterocycles. The average molecular weight is 163 g/mol. The second-order valence-electron chi connectivity index (χ2n) is 2.22. The second-order valence-corrected chi connectivity index (χ2v) is 2.22. The summed E-state index contributed by atoms with van der Waals surface area (Å²) < 4.78 is 0. The normalized spacial score (nSPS) is 8.75. The molecular formula is C9H9NO2. The van der Waals surface area contributed by atoms with Crippen LogP contribution < -0.4 is 5.56 Å². The molecule has 0 unspecified atom stereocenters. The van der Waals surface area contributed by atoms with Crippen molar-refractivity contribution >= 4 is 0 Å². The summed E-state index contributed by atoms with van der Waals surface area (Å²) in [6.07, 6.45) is 1.98. The number of H-pyrrole nitrogens is 1. The molecule has 1 aromatic rings. The van der Waals surface area contributed by atoms with E-state index in [0.29, 0.717) is 12.0 Å². The van der Waals surface area contributed by atoms with Gasteiger partial charge in [0.1, 0.15) is 0 Å². The molecule has 1 heterocycles. The fourth-order valence-electron chi connectivity index (χ4n) is 0.743. The maximum Gasteiger partial charge on any atom is 0.249 e. The Labute approximate surface area is 70.1 Å². The molecule has 1 aromatic heterocycles. The van der Waals surface area contributed by atoms with Crippen molar-refractivity contribution in [2.24, 2.45) is 0 Å². The first-order valence-electron chi connectivity index (χ1n) is 3.61. The zero-order chi connectivity index (χ0) is 8.81. The van der Waals surface area contributed by atoms with Gasteiger partial charge in [-0.1, -0.05) is 11.8 Å². The lowest BCUT2D eigenvalue weighted by atomic mass is 10.2. The summed E-state index contributed by atoms with van der Waals surface area (Å²) in [4.78, 5) is 13.2. The summed E-state index contributed by atoms with van der Waals surface area (Å²) in [5.41, 5.74) is 0.512. The van der Waals surface area contributed by atoms with Crippen LogP contribution in [0, 0.1) is 11.8 Å². The van der Waals surface area contributed by atoms with Crippen LogP contribution in [0.4, 0.5) is 0 Å². The first-order valence-corrected chi connectivity index (χ1v) is 3.61. The molecule has 2 N–H and O–H groups in total. The lowest BCUT2D eigenvalue weighted by molar-refractivity contribution is 0.305. The van der Waals surface area contributed by atoms with Crippen molar-refractivity contribution in [3.8, 4) is 11.8 Å². The average Bonchev–Trinajstić information content (AvgIpc) is 2.05. The highest BCUT2D eigenvalue weighted by atomic mass is 16.2. The van der Waals surface area contributed by atoms with Gasteiger partial charge in [-0.05, 0) is 6.07 Å². The van der Waals surface area contributed by atoms with Gasteiger partial charge >= 0.3 is 0 Å². The van der Waals surface area contributed by atoms with Crippen LogP contribution in [0.25, 0.3) is 0 Å². The van der Waals surface area contributed by atoms with Gasteiger partial charge in [0.15, 0.2) is 0 Å². The van der Waals surface area contributed by atoms with Crippen molar-refractivity contribution in [3.63, 3.8) is 0 Å². The Kier molecular flexibility index (Phi) is 3.12. The Balaban J connectivity index is 2.78. The SMILES string of the molecule is O=c1cc(C#CCCO)cc[nH]1. The van der Waals surface area contributed by atoms with E-state index in [1.807, 2.05) is 0 Å². The Bertz CT molecular complexity index is 357. The predicted octanol–water partition coefficient (Wildman–Crippen LogP) is 0.109. The Morgan fingerprint density at radius 3 is 3.08 bits per heavy atom. The highest BCUT2D eigenvalue weighted by Crippen LogP contribution is 1.88. The van der Waals surface area contributed by atoms with Crippen LogP contribution in [0.1, 0.15) is 12.0 Å². The minimum absolute atomic E-state index is 0.0518. The molecule has 0 amide bonds. The van der Waals surface area contributed by atoms with E-state index in [9.17, 15) is 4.79 Å². The highest BCUT2D eigenvalue weighted by molar-refractivity contribution is 5.31. The summed E-state index contributed by atoms with van der Waals surface area (Å²) in [7, 11) is 0. The number of aliphatic hydroxyl groups excluding tert-OH is 1. The molecule has 12 heavy (non-hydrogen) atoms. The zero-order valence-electron chi connectivity index (χ0n) is 6.50. The number of hydrogen-bond acceptors (Lipinski definition) is 2. The van der Waals surface area contributed by atoms with Gasteiger partial charge in [0.2, 0.25) is 5.56 Å². The molecule has 0 aliphatic carbocycles. The Morgan fingerprint density at radius 2 is 2.42 bits per heavy atom. The largest absolute Gasteiger partial charge is 0.395 e. The van der Waals surface area contributed by atoms with Crippen LogP contribution >= 0.6 is 0 Å². The Hall–Kier alpha value is -1.53. The fraction of sp³-hybridized carbons (Fsp3) is 0.222. The van der Waals surface area contributed by atoms with Crippen molar-refractivity contribution in [1.29, 1.82) is 0 Å². The highest BCUT2D eigenvalue weighted by Gasteiger charge is 1.85. The summed E-state index contributed by atoms with van der Waals surface area (Å²) in [6, 6.07) is 3.14. The zero-order valence-corrected chi connectivity index (χ0v) is 6.50. The molecular weight excluding hydrogens is 154 g/mol. The van der Waals surface area contributed by atoms with Crippen LogP contribution in [0.5, 0.6) is 0 Å². The van der Waals surface area contributed by atoms with E-state index < -0.39 is 0 Å². The van der Waals surface area contributed by atoms with Crippen molar-refractivity contribution in [1.82, 2.24) is 4.98 Å². The lowest BCUT2D eigenvalue weighted by Crippen LogP contribution is -2.02. The van der Waals surface area contributed by atoms with Crippen LogP contribution in [-0.2, 0) is 0 Å². The molecule has 0 radical (unpaired) electrons. The van der Waals surface area contributed by atoms with Crippen molar-refractivity contribution in [2.45, 2.75) is 6.42 Å². The molecule has 0 spiro atoms. The van der Waals surface area contributed by atoms with Crippen LogP contribution in [0.15, 0.2) is 23.1 Å². The topological polar surface area (TPSA) is 53.1 Å². The van der Waals surface area contributed by atoms with Gasteiger partial charge in [0.05, 0.1) is 6.61 Å². The molecule has 0 saturated carbocycles. The summed E-state index contributed by atoms with van der Waals surface area (Å²) in [6.45, 7) is 0.0518. The Morgan fingerprint density at radius 1 is 1.58 bits per heavy atom. The summed E-state index contributed by atoms with van der Waals surface area (Å²) >= 11 is 0.